The molecule has 0 unspecified atom stereocenters. The lowest BCUT2D eigenvalue weighted by molar-refractivity contribution is 0.0793. The first-order chi connectivity index (χ1) is 11.7. The van der Waals surface area contributed by atoms with Crippen LogP contribution in [0.5, 0.6) is 0 Å². The van der Waals surface area contributed by atoms with Crippen molar-refractivity contribution >= 4 is 29.1 Å². The Bertz CT molecular complexity index is 960. The van der Waals surface area contributed by atoms with E-state index in [2.05, 4.69) is 0 Å². The van der Waals surface area contributed by atoms with E-state index in [1.165, 1.54) is 0 Å². The van der Waals surface area contributed by atoms with Gasteiger partial charge in [0.25, 0.3) is 11.5 Å². The third-order valence-corrected chi connectivity index (χ3v) is 4.58. The molecule has 0 atom stereocenters. The van der Waals surface area contributed by atoms with Gasteiger partial charge in [-0.3, -0.25) is 14.2 Å². The molecule has 3 aromatic rings. The molecule has 1 saturated heterocycles. The van der Waals surface area contributed by atoms with Crippen LogP contribution in [0.3, 0.4) is 0 Å². The van der Waals surface area contributed by atoms with Gasteiger partial charge < -0.3 is 4.90 Å². The van der Waals surface area contributed by atoms with Crippen LogP contribution in [0.4, 0.5) is 0 Å². The van der Waals surface area contributed by atoms with E-state index in [1.807, 2.05) is 47.4 Å². The van der Waals surface area contributed by atoms with Gasteiger partial charge in [0.1, 0.15) is 0 Å². The molecule has 4 rings (SSSR count). The van der Waals surface area contributed by atoms with Gasteiger partial charge >= 0.3 is 0 Å². The van der Waals surface area contributed by atoms with Crippen molar-refractivity contribution in [2.24, 2.45) is 0 Å². The maximum absolute atomic E-state index is 12.7. The molecule has 0 aliphatic carbocycles. The van der Waals surface area contributed by atoms with E-state index in [1.54, 1.807) is 22.9 Å². The fourth-order valence-corrected chi connectivity index (χ4v) is 3.28. The van der Waals surface area contributed by atoms with Crippen molar-refractivity contribution in [3.8, 4) is 5.69 Å². The Kier molecular flexibility index (Phi) is 4.91. The van der Waals surface area contributed by atoms with Gasteiger partial charge in [-0.15, -0.1) is 12.4 Å². The quantitative estimate of drug-likeness (QED) is 0.705. The van der Waals surface area contributed by atoms with E-state index in [4.69, 9.17) is 0 Å². The summed E-state index contributed by atoms with van der Waals surface area (Å²) in [5, 5.41) is 1.43. The van der Waals surface area contributed by atoms with Gasteiger partial charge in [0.15, 0.2) is 0 Å². The molecule has 0 bridgehead atoms. The van der Waals surface area contributed by atoms with Crippen LogP contribution in [0.2, 0.25) is 0 Å². The Labute approximate surface area is 152 Å². The number of aromatic nitrogens is 1. The molecule has 1 aromatic heterocycles. The number of para-hydroxylation sites is 1. The zero-order valence-electron chi connectivity index (χ0n) is 13.7. The van der Waals surface area contributed by atoms with Crippen molar-refractivity contribution in [2.75, 3.05) is 13.1 Å². The monoisotopic (exact) mass is 354 g/mol. The molecule has 1 fully saturated rings. The predicted octanol–water partition coefficient (Wildman–Crippen LogP) is 3.65. The van der Waals surface area contributed by atoms with E-state index >= 15 is 0 Å². The number of rotatable bonds is 2. The van der Waals surface area contributed by atoms with Crippen LogP contribution in [0.15, 0.2) is 65.6 Å². The Hall–Kier alpha value is -2.59. The van der Waals surface area contributed by atoms with E-state index in [0.29, 0.717) is 10.9 Å². The Morgan fingerprint density at radius 1 is 0.920 bits per heavy atom. The minimum absolute atomic E-state index is 0. The molecule has 5 heteroatoms. The van der Waals surface area contributed by atoms with Crippen molar-refractivity contribution in [2.45, 2.75) is 12.8 Å². The summed E-state index contributed by atoms with van der Waals surface area (Å²) in [6.07, 6.45) is 3.91. The highest BCUT2D eigenvalue weighted by molar-refractivity contribution is 5.98. The van der Waals surface area contributed by atoms with Crippen molar-refractivity contribution in [1.29, 1.82) is 0 Å². The zero-order chi connectivity index (χ0) is 16.5. The maximum Gasteiger partial charge on any atom is 0.262 e. The summed E-state index contributed by atoms with van der Waals surface area (Å²) < 4.78 is 1.63. The van der Waals surface area contributed by atoms with Crippen LogP contribution < -0.4 is 5.56 Å². The molecule has 25 heavy (non-hydrogen) atoms. The average Bonchev–Trinajstić information content (AvgIpc) is 3.16. The summed E-state index contributed by atoms with van der Waals surface area (Å²) in [6.45, 7) is 1.65. The Balaban J connectivity index is 0.00000182. The number of halogens is 1. The SMILES string of the molecule is Cl.O=C(c1ccc2c(=O)n(-c3ccccc3)ccc2c1)N1CCCC1. The van der Waals surface area contributed by atoms with Crippen LogP contribution in [-0.2, 0) is 0 Å². The minimum Gasteiger partial charge on any atom is -0.339 e. The van der Waals surface area contributed by atoms with Crippen LogP contribution >= 0.6 is 12.4 Å². The first kappa shape index (κ1) is 17.2. The number of nitrogens with zero attached hydrogens (tertiary/aromatic N) is 2. The van der Waals surface area contributed by atoms with E-state index in [9.17, 15) is 9.59 Å². The average molecular weight is 355 g/mol. The summed E-state index contributed by atoms with van der Waals surface area (Å²) in [5.41, 5.74) is 1.42. The molecule has 1 amide bonds. The second kappa shape index (κ2) is 7.11. The van der Waals surface area contributed by atoms with Gasteiger partial charge in [-0.2, -0.15) is 0 Å². The molecule has 0 spiro atoms. The molecule has 0 N–H and O–H groups in total. The summed E-state index contributed by atoms with van der Waals surface area (Å²) in [7, 11) is 0. The minimum atomic E-state index is -0.0705. The fourth-order valence-electron chi connectivity index (χ4n) is 3.28. The summed E-state index contributed by atoms with van der Waals surface area (Å²) in [5.74, 6) is 0.0571. The standard InChI is InChI=1S/C20H18N2O2.ClH/c23-19(21-11-4-5-12-21)16-8-9-18-15(14-16)10-13-22(20(18)24)17-6-2-1-3-7-17;/h1-3,6-10,13-14H,4-5,11-12H2;1H. The van der Waals surface area contributed by atoms with Gasteiger partial charge in [-0.05, 0) is 54.6 Å². The van der Waals surface area contributed by atoms with E-state index in [-0.39, 0.29) is 23.9 Å². The highest BCUT2D eigenvalue weighted by Gasteiger charge is 2.19. The van der Waals surface area contributed by atoms with Gasteiger partial charge in [0.05, 0.1) is 0 Å². The second-order valence-electron chi connectivity index (χ2n) is 6.13. The number of hydrogen-bond donors (Lipinski definition) is 0. The molecule has 0 radical (unpaired) electrons. The lowest BCUT2D eigenvalue weighted by atomic mass is 10.1. The number of pyridine rings is 1. The highest BCUT2D eigenvalue weighted by atomic mass is 35.5. The Morgan fingerprint density at radius 2 is 1.64 bits per heavy atom. The first-order valence-corrected chi connectivity index (χ1v) is 8.24. The van der Waals surface area contributed by atoms with Gasteiger partial charge in [0, 0.05) is 35.9 Å². The van der Waals surface area contributed by atoms with Crippen molar-refractivity contribution in [1.82, 2.24) is 9.47 Å². The van der Waals surface area contributed by atoms with Gasteiger partial charge in [-0.1, -0.05) is 18.2 Å². The zero-order valence-corrected chi connectivity index (χ0v) is 14.5. The summed E-state index contributed by atoms with van der Waals surface area (Å²) in [4.78, 5) is 27.1. The third kappa shape index (κ3) is 3.17. The van der Waals surface area contributed by atoms with Crippen LogP contribution in [0, 0.1) is 0 Å². The number of carbonyl (C=O) groups excluding carboxylic acids is 1. The Morgan fingerprint density at radius 3 is 2.36 bits per heavy atom. The highest BCUT2D eigenvalue weighted by Crippen LogP contribution is 2.18. The van der Waals surface area contributed by atoms with E-state index in [0.717, 1.165) is 37.0 Å². The number of carbonyl (C=O) groups is 1. The lowest BCUT2D eigenvalue weighted by Crippen LogP contribution is -2.27. The molecule has 1 aliphatic rings. The largest absolute Gasteiger partial charge is 0.339 e. The third-order valence-electron chi connectivity index (χ3n) is 4.58. The van der Waals surface area contributed by atoms with Crippen LogP contribution in [0.25, 0.3) is 16.5 Å². The first-order valence-electron chi connectivity index (χ1n) is 8.24. The molecule has 0 saturated carbocycles. The fraction of sp³-hybridized carbons (Fsp3) is 0.200. The molecular weight excluding hydrogens is 336 g/mol. The topological polar surface area (TPSA) is 42.3 Å². The van der Waals surface area contributed by atoms with Crippen LogP contribution in [-0.4, -0.2) is 28.5 Å². The number of likely N-dealkylation sites (tertiary alicyclic amines) is 1. The van der Waals surface area contributed by atoms with Crippen LogP contribution in [0.1, 0.15) is 23.2 Å². The van der Waals surface area contributed by atoms with Gasteiger partial charge in [-0.25, -0.2) is 0 Å². The second-order valence-corrected chi connectivity index (χ2v) is 6.13. The number of benzene rings is 2. The van der Waals surface area contributed by atoms with Crippen molar-refractivity contribution in [3.05, 3.63) is 76.7 Å². The van der Waals surface area contributed by atoms with Crippen molar-refractivity contribution < 1.29 is 4.79 Å². The maximum atomic E-state index is 12.7. The summed E-state index contributed by atoms with van der Waals surface area (Å²) in [6, 6.07) is 16.8. The van der Waals surface area contributed by atoms with Crippen molar-refractivity contribution in [3.63, 3.8) is 0 Å². The molecule has 2 heterocycles. The number of hydrogen-bond acceptors (Lipinski definition) is 2. The summed E-state index contributed by atoms with van der Waals surface area (Å²) >= 11 is 0. The molecule has 2 aromatic carbocycles. The van der Waals surface area contributed by atoms with Gasteiger partial charge in [0.2, 0.25) is 0 Å². The number of amides is 1. The normalized spacial score (nSPS) is 13.7. The molecule has 1 aliphatic heterocycles. The number of fused-ring (bicyclic) bond motifs is 1. The molecular formula is C20H19ClN2O2. The van der Waals surface area contributed by atoms with E-state index < -0.39 is 0 Å². The molecule has 128 valence electrons. The lowest BCUT2D eigenvalue weighted by Gasteiger charge is -2.15. The smallest absolute Gasteiger partial charge is 0.262 e. The predicted molar refractivity (Wildman–Crippen MR) is 102 cm³/mol. The molecule has 4 nitrogen and oxygen atoms in total.